The summed E-state index contributed by atoms with van der Waals surface area (Å²) in [5.41, 5.74) is 2.24. The van der Waals surface area contributed by atoms with Crippen molar-refractivity contribution in [2.24, 2.45) is 0 Å². The average molecular weight is 374 g/mol. The number of rotatable bonds is 6. The molecule has 2 aromatic heterocycles. The molecule has 0 saturated carbocycles. The van der Waals surface area contributed by atoms with Gasteiger partial charge >= 0.3 is 0 Å². The molecule has 3 aromatic rings. The highest BCUT2D eigenvalue weighted by Gasteiger charge is 2.27. The Morgan fingerprint density at radius 1 is 1.04 bits per heavy atom. The fraction of sp³-hybridized carbons (Fsp3) is 0.348. The second-order valence-electron chi connectivity index (χ2n) is 7.40. The first-order valence-corrected chi connectivity index (χ1v) is 10.0. The van der Waals surface area contributed by atoms with Gasteiger partial charge in [0.05, 0.1) is 12.2 Å². The first-order valence-electron chi connectivity index (χ1n) is 10.0. The quantitative estimate of drug-likeness (QED) is 0.662. The van der Waals surface area contributed by atoms with Crippen LogP contribution in [0.2, 0.25) is 0 Å². The number of imidazole rings is 1. The lowest BCUT2D eigenvalue weighted by molar-refractivity contribution is -0.132. The van der Waals surface area contributed by atoms with Gasteiger partial charge in [-0.1, -0.05) is 36.4 Å². The zero-order chi connectivity index (χ0) is 19.2. The number of carbonyl (C=O) groups excluding carboxylic acids is 1. The minimum absolute atomic E-state index is 0.247. The predicted molar refractivity (Wildman–Crippen MR) is 109 cm³/mol. The Morgan fingerprint density at radius 3 is 2.71 bits per heavy atom. The van der Waals surface area contributed by atoms with Gasteiger partial charge in [-0.2, -0.15) is 0 Å². The number of amides is 1. The second kappa shape index (κ2) is 8.83. The fourth-order valence-corrected chi connectivity index (χ4v) is 3.95. The molecule has 0 N–H and O–H groups in total. The van der Waals surface area contributed by atoms with Crippen LogP contribution in [0.15, 0.2) is 67.1 Å². The van der Waals surface area contributed by atoms with Gasteiger partial charge in [0.2, 0.25) is 5.91 Å². The van der Waals surface area contributed by atoms with Crippen molar-refractivity contribution in [1.82, 2.24) is 19.4 Å². The molecule has 5 nitrogen and oxygen atoms in total. The molecule has 1 atom stereocenters. The largest absolute Gasteiger partial charge is 0.342 e. The molecule has 28 heavy (non-hydrogen) atoms. The Bertz CT molecular complexity index is 891. The molecular formula is C23H26N4O. The smallest absolute Gasteiger partial charge is 0.222 e. The molecule has 1 aliphatic rings. The van der Waals surface area contributed by atoms with E-state index in [9.17, 15) is 4.79 Å². The van der Waals surface area contributed by atoms with E-state index in [0.717, 1.165) is 43.9 Å². The van der Waals surface area contributed by atoms with Gasteiger partial charge in [0.15, 0.2) is 0 Å². The number of hydrogen-bond donors (Lipinski definition) is 0. The topological polar surface area (TPSA) is 51.0 Å². The standard InChI is InChI=1S/C23H26N4O/c28-22(12-11-19-7-2-1-3-8-19)26-15-6-9-20(17-26)23-25-14-16-27(23)18-21-10-4-5-13-24-21/h1-5,7-8,10,13-14,16,20H,6,9,11-12,15,17-18H2. The molecule has 1 amide bonds. The number of piperidine rings is 1. The molecule has 0 bridgehead atoms. The van der Waals surface area contributed by atoms with E-state index < -0.39 is 0 Å². The lowest BCUT2D eigenvalue weighted by atomic mass is 9.96. The first kappa shape index (κ1) is 18.4. The van der Waals surface area contributed by atoms with E-state index >= 15 is 0 Å². The van der Waals surface area contributed by atoms with E-state index in [1.807, 2.05) is 59.9 Å². The van der Waals surface area contributed by atoms with Gasteiger partial charge in [-0.05, 0) is 37.0 Å². The fourth-order valence-electron chi connectivity index (χ4n) is 3.95. The summed E-state index contributed by atoms with van der Waals surface area (Å²) in [7, 11) is 0. The lowest BCUT2D eigenvalue weighted by Crippen LogP contribution is -2.39. The van der Waals surface area contributed by atoms with Crippen LogP contribution in [-0.4, -0.2) is 38.4 Å². The molecule has 0 aliphatic carbocycles. The third-order valence-electron chi connectivity index (χ3n) is 5.42. The van der Waals surface area contributed by atoms with Crippen LogP contribution in [-0.2, 0) is 17.8 Å². The predicted octanol–water partition coefficient (Wildman–Crippen LogP) is 3.67. The summed E-state index contributed by atoms with van der Waals surface area (Å²) in [6.07, 6.45) is 9.16. The molecule has 1 aromatic carbocycles. The van der Waals surface area contributed by atoms with Gasteiger partial charge in [0, 0.05) is 44.0 Å². The van der Waals surface area contributed by atoms with Gasteiger partial charge in [-0.15, -0.1) is 0 Å². The van der Waals surface area contributed by atoms with Crippen LogP contribution < -0.4 is 0 Å². The van der Waals surface area contributed by atoms with Crippen molar-refractivity contribution in [3.8, 4) is 0 Å². The second-order valence-corrected chi connectivity index (χ2v) is 7.40. The van der Waals surface area contributed by atoms with E-state index in [1.165, 1.54) is 5.56 Å². The number of hydrogen-bond acceptors (Lipinski definition) is 3. The third-order valence-corrected chi connectivity index (χ3v) is 5.42. The minimum atomic E-state index is 0.247. The van der Waals surface area contributed by atoms with E-state index in [0.29, 0.717) is 13.0 Å². The molecule has 0 spiro atoms. The van der Waals surface area contributed by atoms with Crippen LogP contribution >= 0.6 is 0 Å². The number of nitrogens with zero attached hydrogens (tertiary/aromatic N) is 4. The minimum Gasteiger partial charge on any atom is -0.342 e. The zero-order valence-electron chi connectivity index (χ0n) is 16.1. The van der Waals surface area contributed by atoms with Crippen molar-refractivity contribution < 1.29 is 4.79 Å². The van der Waals surface area contributed by atoms with E-state index in [1.54, 1.807) is 0 Å². The molecule has 0 radical (unpaired) electrons. The number of aryl methyl sites for hydroxylation is 1. The Labute approximate surface area is 166 Å². The van der Waals surface area contributed by atoms with Gasteiger partial charge in [0.1, 0.15) is 5.82 Å². The molecule has 5 heteroatoms. The monoisotopic (exact) mass is 374 g/mol. The van der Waals surface area contributed by atoms with Gasteiger partial charge in [-0.3, -0.25) is 9.78 Å². The number of aromatic nitrogens is 3. The molecule has 4 rings (SSSR count). The first-order chi connectivity index (χ1) is 13.8. The van der Waals surface area contributed by atoms with Crippen molar-refractivity contribution in [3.63, 3.8) is 0 Å². The van der Waals surface area contributed by atoms with E-state index in [2.05, 4.69) is 26.7 Å². The summed E-state index contributed by atoms with van der Waals surface area (Å²) < 4.78 is 2.17. The van der Waals surface area contributed by atoms with Crippen LogP contribution in [0.5, 0.6) is 0 Å². The number of pyridine rings is 1. The molecule has 1 saturated heterocycles. The van der Waals surface area contributed by atoms with Crippen LogP contribution in [0.25, 0.3) is 0 Å². The Balaban J connectivity index is 1.39. The van der Waals surface area contributed by atoms with Crippen molar-refractivity contribution in [2.45, 2.75) is 38.1 Å². The summed E-state index contributed by atoms with van der Waals surface area (Å²) in [6, 6.07) is 16.2. The molecular weight excluding hydrogens is 348 g/mol. The summed E-state index contributed by atoms with van der Waals surface area (Å²) in [5, 5.41) is 0. The molecule has 1 fully saturated rings. The van der Waals surface area contributed by atoms with Crippen LogP contribution in [0.3, 0.4) is 0 Å². The van der Waals surface area contributed by atoms with Crippen molar-refractivity contribution in [3.05, 3.63) is 84.2 Å². The van der Waals surface area contributed by atoms with Gasteiger partial charge in [-0.25, -0.2) is 4.98 Å². The Morgan fingerprint density at radius 2 is 1.89 bits per heavy atom. The Hall–Kier alpha value is -2.95. The van der Waals surface area contributed by atoms with Crippen molar-refractivity contribution >= 4 is 5.91 Å². The maximum atomic E-state index is 12.8. The summed E-state index contributed by atoms with van der Waals surface area (Å²) in [4.78, 5) is 23.8. The Kier molecular flexibility index (Phi) is 5.80. The number of carbonyl (C=O) groups is 1. The number of likely N-dealkylation sites (tertiary alicyclic amines) is 1. The van der Waals surface area contributed by atoms with Crippen molar-refractivity contribution in [2.75, 3.05) is 13.1 Å². The highest BCUT2D eigenvalue weighted by Crippen LogP contribution is 2.26. The highest BCUT2D eigenvalue weighted by molar-refractivity contribution is 5.76. The molecule has 1 aliphatic heterocycles. The molecule has 3 heterocycles. The highest BCUT2D eigenvalue weighted by atomic mass is 16.2. The maximum Gasteiger partial charge on any atom is 0.222 e. The van der Waals surface area contributed by atoms with Gasteiger partial charge in [0.25, 0.3) is 0 Å². The average Bonchev–Trinajstić information content (AvgIpc) is 3.22. The van der Waals surface area contributed by atoms with Crippen LogP contribution in [0, 0.1) is 0 Å². The molecule has 144 valence electrons. The van der Waals surface area contributed by atoms with E-state index in [-0.39, 0.29) is 11.8 Å². The summed E-state index contributed by atoms with van der Waals surface area (Å²) in [6.45, 7) is 2.33. The maximum absolute atomic E-state index is 12.8. The van der Waals surface area contributed by atoms with E-state index in [4.69, 9.17) is 0 Å². The molecule has 1 unspecified atom stereocenters. The zero-order valence-corrected chi connectivity index (χ0v) is 16.1. The number of benzene rings is 1. The van der Waals surface area contributed by atoms with Crippen LogP contribution in [0.1, 0.15) is 42.3 Å². The SMILES string of the molecule is O=C(CCc1ccccc1)N1CCCC(c2nccn2Cc2ccccn2)C1. The van der Waals surface area contributed by atoms with Crippen LogP contribution in [0.4, 0.5) is 0 Å². The van der Waals surface area contributed by atoms with Crippen molar-refractivity contribution in [1.29, 1.82) is 0 Å². The van der Waals surface area contributed by atoms with Gasteiger partial charge < -0.3 is 9.47 Å². The third kappa shape index (κ3) is 4.47. The normalized spacial score (nSPS) is 16.9. The summed E-state index contributed by atoms with van der Waals surface area (Å²) in [5.74, 6) is 1.59. The lowest BCUT2D eigenvalue weighted by Gasteiger charge is -2.33. The summed E-state index contributed by atoms with van der Waals surface area (Å²) >= 11 is 0.